The maximum Gasteiger partial charge on any atom is 0.311 e. The van der Waals surface area contributed by atoms with Crippen LogP contribution in [0, 0.1) is 0 Å². The van der Waals surface area contributed by atoms with Crippen LogP contribution in [0.1, 0.15) is 56.9 Å². The highest BCUT2D eigenvalue weighted by Crippen LogP contribution is 2.29. The predicted molar refractivity (Wildman–Crippen MR) is 75.2 cm³/mol. The fourth-order valence-electron chi connectivity index (χ4n) is 2.12. The molecule has 0 fully saturated rings. The Bertz CT molecular complexity index is 377. The van der Waals surface area contributed by atoms with Gasteiger partial charge in [-0.2, -0.15) is 0 Å². The first kappa shape index (κ1) is 15.0. The van der Waals surface area contributed by atoms with Crippen molar-refractivity contribution in [2.45, 2.75) is 51.4 Å². The van der Waals surface area contributed by atoms with Gasteiger partial charge >= 0.3 is 5.97 Å². The maximum atomic E-state index is 11.3. The minimum absolute atomic E-state index is 0.472. The van der Waals surface area contributed by atoms with E-state index in [4.69, 9.17) is 11.6 Å². The molecule has 0 aliphatic carbocycles. The van der Waals surface area contributed by atoms with Crippen LogP contribution in [0.3, 0.4) is 0 Å². The van der Waals surface area contributed by atoms with E-state index >= 15 is 0 Å². The Morgan fingerprint density at radius 2 is 1.89 bits per heavy atom. The van der Waals surface area contributed by atoms with E-state index in [0.717, 1.165) is 18.4 Å². The minimum Gasteiger partial charge on any atom is -0.481 e. The Hall–Kier alpha value is -1.02. The van der Waals surface area contributed by atoms with Crippen LogP contribution in [0.25, 0.3) is 0 Å². The normalized spacial score (nSPS) is 12.3. The van der Waals surface area contributed by atoms with Gasteiger partial charge in [-0.25, -0.2) is 0 Å². The molecule has 0 amide bonds. The van der Waals surface area contributed by atoms with Crippen molar-refractivity contribution in [2.24, 2.45) is 0 Å². The predicted octanol–water partition coefficient (Wildman–Crippen LogP) is 4.87. The molecule has 1 rings (SSSR count). The second-order valence-corrected chi connectivity index (χ2v) is 5.02. The van der Waals surface area contributed by atoms with Crippen molar-refractivity contribution < 1.29 is 9.90 Å². The van der Waals surface area contributed by atoms with E-state index in [1.54, 1.807) is 6.07 Å². The number of benzene rings is 1. The summed E-state index contributed by atoms with van der Waals surface area (Å²) in [5.74, 6) is -1.25. The monoisotopic (exact) mass is 268 g/mol. The summed E-state index contributed by atoms with van der Waals surface area (Å²) in [6.45, 7) is 2.17. The smallest absolute Gasteiger partial charge is 0.311 e. The van der Waals surface area contributed by atoms with E-state index in [9.17, 15) is 9.90 Å². The topological polar surface area (TPSA) is 37.3 Å². The van der Waals surface area contributed by atoms with Crippen molar-refractivity contribution in [1.29, 1.82) is 0 Å². The molecule has 3 heteroatoms. The maximum absolute atomic E-state index is 11.3. The van der Waals surface area contributed by atoms with E-state index in [1.165, 1.54) is 19.3 Å². The van der Waals surface area contributed by atoms with Gasteiger partial charge in [0, 0.05) is 5.02 Å². The van der Waals surface area contributed by atoms with Crippen LogP contribution in [0.4, 0.5) is 0 Å². The molecule has 1 aromatic carbocycles. The zero-order chi connectivity index (χ0) is 13.4. The standard InChI is InChI=1S/C15H21ClO2/c1-2-3-4-5-6-10-13(15(17)18)12-9-7-8-11-14(12)16/h7-9,11,13H,2-6,10H2,1H3,(H,17,18). The molecule has 100 valence electrons. The van der Waals surface area contributed by atoms with Gasteiger partial charge in [0.1, 0.15) is 0 Å². The Morgan fingerprint density at radius 1 is 1.22 bits per heavy atom. The summed E-state index contributed by atoms with van der Waals surface area (Å²) in [7, 11) is 0. The molecule has 1 aromatic rings. The highest BCUT2D eigenvalue weighted by Gasteiger charge is 2.21. The molecular formula is C15H21ClO2. The number of rotatable bonds is 8. The molecule has 2 nitrogen and oxygen atoms in total. The minimum atomic E-state index is -0.779. The van der Waals surface area contributed by atoms with Crippen LogP contribution < -0.4 is 0 Å². The summed E-state index contributed by atoms with van der Waals surface area (Å²) in [5.41, 5.74) is 0.738. The second kappa shape index (κ2) is 8.15. The fourth-order valence-corrected chi connectivity index (χ4v) is 2.39. The SMILES string of the molecule is CCCCCCCC(C(=O)O)c1ccccc1Cl. The van der Waals surface area contributed by atoms with E-state index in [1.807, 2.05) is 18.2 Å². The average molecular weight is 269 g/mol. The van der Waals surface area contributed by atoms with Gasteiger partial charge in [-0.15, -0.1) is 0 Å². The molecule has 0 saturated heterocycles. The molecule has 0 radical (unpaired) electrons. The highest BCUT2D eigenvalue weighted by atomic mass is 35.5. The van der Waals surface area contributed by atoms with Gasteiger partial charge in [-0.05, 0) is 18.1 Å². The molecule has 0 spiro atoms. The third kappa shape index (κ3) is 4.69. The van der Waals surface area contributed by atoms with E-state index in [-0.39, 0.29) is 0 Å². The van der Waals surface area contributed by atoms with Gasteiger partial charge < -0.3 is 5.11 Å². The molecule has 18 heavy (non-hydrogen) atoms. The zero-order valence-electron chi connectivity index (χ0n) is 10.9. The first-order valence-electron chi connectivity index (χ1n) is 6.64. The molecule has 0 heterocycles. The number of carboxylic acids is 1. The Morgan fingerprint density at radius 3 is 2.50 bits per heavy atom. The third-order valence-corrected chi connectivity index (χ3v) is 3.52. The Balaban J connectivity index is 2.56. The quantitative estimate of drug-likeness (QED) is 0.683. The number of carboxylic acid groups (broad SMARTS) is 1. The third-order valence-electron chi connectivity index (χ3n) is 3.18. The molecular weight excluding hydrogens is 248 g/mol. The van der Waals surface area contributed by atoms with Crippen molar-refractivity contribution in [3.05, 3.63) is 34.9 Å². The molecule has 0 saturated carbocycles. The zero-order valence-corrected chi connectivity index (χ0v) is 11.6. The number of aliphatic carboxylic acids is 1. The largest absolute Gasteiger partial charge is 0.481 e. The van der Waals surface area contributed by atoms with Crippen molar-refractivity contribution in [3.8, 4) is 0 Å². The van der Waals surface area contributed by atoms with Gasteiger partial charge in [-0.1, -0.05) is 68.8 Å². The highest BCUT2D eigenvalue weighted by molar-refractivity contribution is 6.31. The molecule has 1 unspecified atom stereocenters. The van der Waals surface area contributed by atoms with Crippen LogP contribution in [-0.2, 0) is 4.79 Å². The fraction of sp³-hybridized carbons (Fsp3) is 0.533. The van der Waals surface area contributed by atoms with Gasteiger partial charge in [0.05, 0.1) is 5.92 Å². The lowest BCUT2D eigenvalue weighted by molar-refractivity contribution is -0.139. The van der Waals surface area contributed by atoms with E-state index < -0.39 is 11.9 Å². The summed E-state index contributed by atoms with van der Waals surface area (Å²) in [4.78, 5) is 11.3. The van der Waals surface area contributed by atoms with E-state index in [2.05, 4.69) is 6.92 Å². The molecule has 1 N–H and O–H groups in total. The number of hydrogen-bond donors (Lipinski definition) is 1. The number of hydrogen-bond acceptors (Lipinski definition) is 1. The molecule has 0 aliphatic heterocycles. The Labute approximate surface area is 114 Å². The first-order valence-corrected chi connectivity index (χ1v) is 7.01. The van der Waals surface area contributed by atoms with Crippen molar-refractivity contribution in [3.63, 3.8) is 0 Å². The average Bonchev–Trinajstić information content (AvgIpc) is 2.35. The van der Waals surface area contributed by atoms with Crippen LogP contribution >= 0.6 is 11.6 Å². The molecule has 0 bridgehead atoms. The van der Waals surface area contributed by atoms with Gasteiger partial charge in [-0.3, -0.25) is 4.79 Å². The Kier molecular flexibility index (Phi) is 6.81. The van der Waals surface area contributed by atoms with Gasteiger partial charge in [0.15, 0.2) is 0 Å². The summed E-state index contributed by atoms with van der Waals surface area (Å²) in [5, 5.41) is 9.85. The van der Waals surface area contributed by atoms with Gasteiger partial charge in [0.25, 0.3) is 0 Å². The van der Waals surface area contributed by atoms with Crippen LogP contribution in [-0.4, -0.2) is 11.1 Å². The lowest BCUT2D eigenvalue weighted by atomic mass is 9.93. The van der Waals surface area contributed by atoms with Crippen LogP contribution in [0.5, 0.6) is 0 Å². The van der Waals surface area contributed by atoms with E-state index in [0.29, 0.717) is 11.4 Å². The number of carbonyl (C=O) groups is 1. The van der Waals surface area contributed by atoms with Crippen molar-refractivity contribution in [2.75, 3.05) is 0 Å². The number of unbranched alkanes of at least 4 members (excludes halogenated alkanes) is 4. The van der Waals surface area contributed by atoms with Gasteiger partial charge in [0.2, 0.25) is 0 Å². The second-order valence-electron chi connectivity index (χ2n) is 4.62. The molecule has 0 aliphatic rings. The lowest BCUT2D eigenvalue weighted by Crippen LogP contribution is -2.12. The number of halogens is 1. The molecule has 0 aromatic heterocycles. The molecule has 1 atom stereocenters. The van der Waals surface area contributed by atoms with Crippen LogP contribution in [0.15, 0.2) is 24.3 Å². The summed E-state index contributed by atoms with van der Waals surface area (Å²) in [6.07, 6.45) is 6.33. The van der Waals surface area contributed by atoms with Crippen molar-refractivity contribution >= 4 is 17.6 Å². The summed E-state index contributed by atoms with van der Waals surface area (Å²) in [6, 6.07) is 7.23. The summed E-state index contributed by atoms with van der Waals surface area (Å²) < 4.78 is 0. The van der Waals surface area contributed by atoms with Crippen LogP contribution in [0.2, 0.25) is 5.02 Å². The van der Waals surface area contributed by atoms with Crippen molar-refractivity contribution in [1.82, 2.24) is 0 Å². The summed E-state index contributed by atoms with van der Waals surface area (Å²) >= 11 is 6.06. The first-order chi connectivity index (χ1) is 8.66. The lowest BCUT2D eigenvalue weighted by Gasteiger charge is -2.14.